The van der Waals surface area contributed by atoms with Crippen LogP contribution in [0.3, 0.4) is 0 Å². The van der Waals surface area contributed by atoms with E-state index in [9.17, 15) is 23.6 Å². The number of hydrogen-bond donors (Lipinski definition) is 2. The average molecular weight is 495 g/mol. The summed E-state index contributed by atoms with van der Waals surface area (Å²) in [7, 11) is 0. The van der Waals surface area contributed by atoms with E-state index in [0.717, 1.165) is 11.8 Å². The zero-order chi connectivity index (χ0) is 25.4. The third-order valence-electron chi connectivity index (χ3n) is 4.81. The van der Waals surface area contributed by atoms with Crippen molar-refractivity contribution in [1.29, 1.82) is 0 Å². The molecule has 7 nitrogen and oxygen atoms in total. The highest BCUT2D eigenvalue weighted by atomic mass is 32.2. The minimum atomic E-state index is -1.09. The summed E-state index contributed by atoms with van der Waals surface area (Å²) < 4.78 is 18.3. The Morgan fingerprint density at radius 3 is 2.14 bits per heavy atom. The van der Waals surface area contributed by atoms with E-state index in [4.69, 9.17) is 4.74 Å². The Labute approximate surface area is 206 Å². The number of hydrogen-bond acceptors (Lipinski definition) is 6. The van der Waals surface area contributed by atoms with Crippen LogP contribution < -0.4 is 10.6 Å². The molecule has 1 unspecified atom stereocenters. The van der Waals surface area contributed by atoms with Gasteiger partial charge in [0.05, 0.1) is 11.3 Å². The standard InChI is InChI=1S/C26H23FN2O5S/c1-16(30)18-7-11-21(12-8-18)29-25(32)17(2)34-26(33)22-5-3-4-6-23(22)35-15-24(31)28-20-13-9-19(27)10-14-20/h3-14,17H,15H2,1-2H3,(H,28,31)(H,29,32). The van der Waals surface area contributed by atoms with Crippen molar-refractivity contribution in [3.63, 3.8) is 0 Å². The van der Waals surface area contributed by atoms with Crippen LogP contribution in [0.5, 0.6) is 0 Å². The smallest absolute Gasteiger partial charge is 0.340 e. The third kappa shape index (κ3) is 7.51. The first-order valence-corrected chi connectivity index (χ1v) is 11.6. The second-order valence-corrected chi connectivity index (χ2v) is 8.53. The lowest BCUT2D eigenvalue weighted by Crippen LogP contribution is -2.30. The Balaban J connectivity index is 1.57. The zero-order valence-corrected chi connectivity index (χ0v) is 19.9. The first-order valence-electron chi connectivity index (χ1n) is 10.6. The topological polar surface area (TPSA) is 102 Å². The van der Waals surface area contributed by atoms with Crippen LogP contribution in [0.4, 0.5) is 15.8 Å². The maximum absolute atomic E-state index is 13.0. The first-order chi connectivity index (χ1) is 16.7. The number of benzene rings is 3. The molecule has 180 valence electrons. The molecule has 0 aliphatic rings. The average Bonchev–Trinajstić information content (AvgIpc) is 2.84. The predicted molar refractivity (Wildman–Crippen MR) is 132 cm³/mol. The highest BCUT2D eigenvalue weighted by Crippen LogP contribution is 2.24. The fourth-order valence-electron chi connectivity index (χ4n) is 2.94. The van der Waals surface area contributed by atoms with Gasteiger partial charge in [-0.3, -0.25) is 14.4 Å². The summed E-state index contributed by atoms with van der Waals surface area (Å²) in [5.74, 6) is -2.05. The number of ether oxygens (including phenoxy) is 1. The van der Waals surface area contributed by atoms with Gasteiger partial charge in [0.1, 0.15) is 5.82 Å². The molecule has 0 fully saturated rings. The number of rotatable bonds is 9. The van der Waals surface area contributed by atoms with Crippen molar-refractivity contribution in [2.24, 2.45) is 0 Å². The van der Waals surface area contributed by atoms with E-state index in [1.165, 1.54) is 38.1 Å². The number of Topliss-reactive ketones (excluding diaryl/α,β-unsaturated/α-hetero) is 1. The number of thioether (sulfide) groups is 1. The van der Waals surface area contributed by atoms with Crippen molar-refractivity contribution < 1.29 is 28.3 Å². The van der Waals surface area contributed by atoms with Crippen LogP contribution in [-0.2, 0) is 14.3 Å². The number of halogens is 1. The number of anilines is 2. The Morgan fingerprint density at radius 2 is 1.49 bits per heavy atom. The SMILES string of the molecule is CC(=O)c1ccc(NC(=O)C(C)OC(=O)c2ccccc2SCC(=O)Nc2ccc(F)cc2)cc1. The molecule has 0 bridgehead atoms. The molecule has 3 aromatic carbocycles. The van der Waals surface area contributed by atoms with Crippen LogP contribution in [0.1, 0.15) is 34.6 Å². The number of carbonyl (C=O) groups excluding carboxylic acids is 4. The van der Waals surface area contributed by atoms with E-state index in [-0.39, 0.29) is 23.0 Å². The van der Waals surface area contributed by atoms with Crippen LogP contribution in [0.25, 0.3) is 0 Å². The van der Waals surface area contributed by atoms with Crippen LogP contribution in [0.15, 0.2) is 77.7 Å². The van der Waals surface area contributed by atoms with Gasteiger partial charge in [0.15, 0.2) is 11.9 Å². The van der Waals surface area contributed by atoms with Gasteiger partial charge >= 0.3 is 5.97 Å². The Bertz CT molecular complexity index is 1230. The third-order valence-corrected chi connectivity index (χ3v) is 5.88. The molecule has 0 spiro atoms. The molecule has 2 amide bonds. The predicted octanol–water partition coefficient (Wildman–Crippen LogP) is 4.94. The normalized spacial score (nSPS) is 11.3. The number of amides is 2. The van der Waals surface area contributed by atoms with Gasteiger partial charge in [-0.1, -0.05) is 12.1 Å². The van der Waals surface area contributed by atoms with E-state index in [0.29, 0.717) is 21.8 Å². The number of carbonyl (C=O) groups is 4. The molecule has 0 aliphatic heterocycles. The lowest BCUT2D eigenvalue weighted by atomic mass is 10.1. The van der Waals surface area contributed by atoms with Crippen LogP contribution >= 0.6 is 11.8 Å². The molecule has 0 radical (unpaired) electrons. The highest BCUT2D eigenvalue weighted by molar-refractivity contribution is 8.00. The van der Waals surface area contributed by atoms with Crippen molar-refractivity contribution in [3.05, 3.63) is 89.7 Å². The molecule has 9 heteroatoms. The van der Waals surface area contributed by atoms with Crippen molar-refractivity contribution in [2.75, 3.05) is 16.4 Å². The maximum Gasteiger partial charge on any atom is 0.340 e. The van der Waals surface area contributed by atoms with Crippen LogP contribution in [0.2, 0.25) is 0 Å². The van der Waals surface area contributed by atoms with Crippen molar-refractivity contribution in [3.8, 4) is 0 Å². The second-order valence-electron chi connectivity index (χ2n) is 7.51. The molecule has 2 N–H and O–H groups in total. The first kappa shape index (κ1) is 25.6. The van der Waals surface area contributed by atoms with E-state index < -0.39 is 23.8 Å². The summed E-state index contributed by atoms with van der Waals surface area (Å²) in [5.41, 5.74) is 1.66. The number of esters is 1. The second kappa shape index (κ2) is 11.9. The van der Waals surface area contributed by atoms with E-state index in [2.05, 4.69) is 10.6 Å². The van der Waals surface area contributed by atoms with E-state index in [1.54, 1.807) is 48.5 Å². The Morgan fingerprint density at radius 1 is 0.886 bits per heavy atom. The van der Waals surface area contributed by atoms with E-state index in [1.807, 2.05) is 0 Å². The number of nitrogens with one attached hydrogen (secondary N) is 2. The Kier molecular flexibility index (Phi) is 8.74. The molecule has 0 heterocycles. The number of ketones is 1. The largest absolute Gasteiger partial charge is 0.449 e. The molecule has 1 atom stereocenters. The molecule has 0 aliphatic carbocycles. The van der Waals surface area contributed by atoms with Gasteiger partial charge in [-0.15, -0.1) is 11.8 Å². The Hall–Kier alpha value is -3.98. The lowest BCUT2D eigenvalue weighted by Gasteiger charge is -2.15. The summed E-state index contributed by atoms with van der Waals surface area (Å²) in [6, 6.07) is 18.3. The lowest BCUT2D eigenvalue weighted by molar-refractivity contribution is -0.123. The molecule has 0 aromatic heterocycles. The van der Waals surface area contributed by atoms with Gasteiger partial charge in [-0.05, 0) is 74.5 Å². The van der Waals surface area contributed by atoms with Crippen LogP contribution in [0, 0.1) is 5.82 Å². The van der Waals surface area contributed by atoms with Gasteiger partial charge in [-0.25, -0.2) is 9.18 Å². The monoisotopic (exact) mass is 494 g/mol. The minimum absolute atomic E-state index is 0.00790. The van der Waals surface area contributed by atoms with Gasteiger partial charge in [-0.2, -0.15) is 0 Å². The highest BCUT2D eigenvalue weighted by Gasteiger charge is 2.21. The van der Waals surface area contributed by atoms with Crippen molar-refractivity contribution >= 4 is 46.7 Å². The van der Waals surface area contributed by atoms with Crippen molar-refractivity contribution in [1.82, 2.24) is 0 Å². The van der Waals surface area contributed by atoms with E-state index >= 15 is 0 Å². The fourth-order valence-corrected chi connectivity index (χ4v) is 3.78. The molecular weight excluding hydrogens is 471 g/mol. The summed E-state index contributed by atoms with van der Waals surface area (Å²) >= 11 is 1.13. The molecule has 0 saturated heterocycles. The summed E-state index contributed by atoms with van der Waals surface area (Å²) in [6.45, 7) is 2.90. The quantitative estimate of drug-likeness (QED) is 0.248. The molecule has 3 rings (SSSR count). The van der Waals surface area contributed by atoms with Gasteiger partial charge < -0.3 is 15.4 Å². The summed E-state index contributed by atoms with van der Waals surface area (Å²) in [6.07, 6.45) is -1.09. The van der Waals surface area contributed by atoms with Gasteiger partial charge in [0.25, 0.3) is 5.91 Å². The minimum Gasteiger partial charge on any atom is -0.449 e. The summed E-state index contributed by atoms with van der Waals surface area (Å²) in [4.78, 5) is 49.3. The maximum atomic E-state index is 13.0. The van der Waals surface area contributed by atoms with Gasteiger partial charge in [0, 0.05) is 21.8 Å². The zero-order valence-electron chi connectivity index (χ0n) is 19.0. The fraction of sp³-hybridized carbons (Fsp3) is 0.154. The molecule has 3 aromatic rings. The molecule has 35 heavy (non-hydrogen) atoms. The van der Waals surface area contributed by atoms with Crippen molar-refractivity contribution in [2.45, 2.75) is 24.8 Å². The molecule has 0 saturated carbocycles. The van der Waals surface area contributed by atoms with Gasteiger partial charge in [0.2, 0.25) is 5.91 Å². The van der Waals surface area contributed by atoms with Crippen LogP contribution in [-0.4, -0.2) is 35.4 Å². The molecular formula is C26H23FN2O5S. The summed E-state index contributed by atoms with van der Waals surface area (Å²) in [5, 5.41) is 5.29.